The molecule has 0 aromatic carbocycles. The zero-order valence-electron chi connectivity index (χ0n) is 16.9. The summed E-state index contributed by atoms with van der Waals surface area (Å²) in [6.07, 6.45) is 3.32. The van der Waals surface area contributed by atoms with E-state index in [0.29, 0.717) is 12.2 Å². The molecule has 1 aromatic heterocycles. The first kappa shape index (κ1) is 18.6. The Morgan fingerprint density at radius 1 is 1.25 bits per heavy atom. The van der Waals surface area contributed by atoms with Crippen LogP contribution in [0.4, 0.5) is 5.82 Å². The Morgan fingerprint density at radius 2 is 1.93 bits per heavy atom. The number of carbonyl (C=O) groups excluding carboxylic acids is 3. The van der Waals surface area contributed by atoms with Crippen LogP contribution < -0.4 is 4.90 Å². The molecule has 1 saturated heterocycles. The summed E-state index contributed by atoms with van der Waals surface area (Å²) >= 11 is 0. The van der Waals surface area contributed by atoms with Gasteiger partial charge in [0.2, 0.25) is 17.5 Å². The highest BCUT2D eigenvalue weighted by Crippen LogP contribution is 2.52. The molecule has 4 rings (SSSR count). The number of Topliss-reactive ketones (excluding diaryl/α,β-unsaturated/α-hetero) is 1. The number of ketones is 1. The topological polar surface area (TPSA) is 76.6 Å². The number of imide groups is 1. The quantitative estimate of drug-likeness (QED) is 0.554. The monoisotopic (exact) mass is 380 g/mol. The lowest BCUT2D eigenvalue weighted by Gasteiger charge is -2.44. The summed E-state index contributed by atoms with van der Waals surface area (Å²) in [5, 5.41) is 4.71. The van der Waals surface area contributed by atoms with Crippen LogP contribution in [0.15, 0.2) is 11.8 Å². The number of fused-ring (bicyclic) bond motifs is 3. The van der Waals surface area contributed by atoms with Crippen LogP contribution in [0.5, 0.6) is 0 Å². The Hall–Kier alpha value is -2.75. The molecule has 0 saturated carbocycles. The van der Waals surface area contributed by atoms with Crippen molar-refractivity contribution in [3.63, 3.8) is 0 Å². The van der Waals surface area contributed by atoms with Gasteiger partial charge in [0, 0.05) is 30.4 Å². The van der Waals surface area contributed by atoms with Crippen molar-refractivity contribution in [3.8, 4) is 0 Å². The van der Waals surface area contributed by atoms with Crippen LogP contribution in [0.1, 0.15) is 51.8 Å². The number of aryl methyl sites for hydroxylation is 1. The molecule has 28 heavy (non-hydrogen) atoms. The molecule has 2 heterocycles. The van der Waals surface area contributed by atoms with Crippen molar-refractivity contribution in [2.24, 2.45) is 24.3 Å². The van der Waals surface area contributed by atoms with Crippen molar-refractivity contribution < 1.29 is 14.4 Å². The summed E-state index contributed by atoms with van der Waals surface area (Å²) in [6, 6.07) is 0. The smallest absolute Gasteiger partial charge is 0.241 e. The first-order valence-corrected chi connectivity index (χ1v) is 9.61. The molecule has 2 aliphatic carbocycles. The predicted octanol–water partition coefficient (Wildman–Crippen LogP) is 2.55. The van der Waals surface area contributed by atoms with Crippen molar-refractivity contribution in [1.82, 2.24) is 9.78 Å². The Bertz CT molecular complexity index is 1010. The van der Waals surface area contributed by atoms with Crippen LogP contribution in [0.2, 0.25) is 0 Å². The molecule has 7 nitrogen and oxygen atoms in total. The van der Waals surface area contributed by atoms with E-state index in [1.165, 1.54) is 4.90 Å². The van der Waals surface area contributed by atoms with E-state index in [0.717, 1.165) is 17.7 Å². The summed E-state index contributed by atoms with van der Waals surface area (Å²) < 4.78 is 1.61. The van der Waals surface area contributed by atoms with E-state index in [2.05, 4.69) is 4.85 Å². The molecule has 0 spiro atoms. The van der Waals surface area contributed by atoms with Crippen molar-refractivity contribution >= 4 is 23.4 Å². The molecule has 3 atom stereocenters. The third-order valence-corrected chi connectivity index (χ3v) is 6.76. The molecular formula is C21H24N4O3. The summed E-state index contributed by atoms with van der Waals surface area (Å²) in [4.78, 5) is 42.8. The number of amides is 2. The van der Waals surface area contributed by atoms with Gasteiger partial charge in [-0.3, -0.25) is 14.3 Å². The lowest BCUT2D eigenvalue weighted by molar-refractivity contribution is -0.124. The maximum Gasteiger partial charge on any atom is 0.241 e. The Morgan fingerprint density at radius 3 is 2.50 bits per heavy atom. The maximum absolute atomic E-state index is 12.9. The third kappa shape index (κ3) is 2.20. The fourth-order valence-corrected chi connectivity index (χ4v) is 5.24. The molecule has 0 radical (unpaired) electrons. The largest absolute Gasteiger partial charge is 0.308 e. The lowest BCUT2D eigenvalue weighted by atomic mass is 9.59. The highest BCUT2D eigenvalue weighted by molar-refractivity contribution is 6.22. The number of hydrogen-bond donors (Lipinski definition) is 0. The van der Waals surface area contributed by atoms with Gasteiger partial charge in [-0.05, 0) is 18.8 Å². The highest BCUT2D eigenvalue weighted by Gasteiger charge is 2.53. The number of anilines is 1. The second-order valence-corrected chi connectivity index (χ2v) is 9.09. The average molecular weight is 380 g/mol. The minimum absolute atomic E-state index is 0.0437. The van der Waals surface area contributed by atoms with Crippen molar-refractivity contribution in [2.75, 3.05) is 4.90 Å². The first-order chi connectivity index (χ1) is 13.0. The number of nitrogens with zero attached hydrogens (tertiary/aromatic N) is 4. The van der Waals surface area contributed by atoms with Crippen LogP contribution in [0.3, 0.4) is 0 Å². The van der Waals surface area contributed by atoms with Crippen LogP contribution in [0.25, 0.3) is 4.85 Å². The predicted molar refractivity (Wildman–Crippen MR) is 102 cm³/mol. The van der Waals surface area contributed by atoms with E-state index >= 15 is 0 Å². The summed E-state index contributed by atoms with van der Waals surface area (Å²) in [5.41, 5.74) is 0.506. The van der Waals surface area contributed by atoms with Gasteiger partial charge in [0.25, 0.3) is 0 Å². The lowest BCUT2D eigenvalue weighted by Crippen LogP contribution is -2.45. The Balaban J connectivity index is 1.90. The molecular weight excluding hydrogens is 356 g/mol. The second-order valence-electron chi connectivity index (χ2n) is 9.09. The number of rotatable bonds is 1. The van der Waals surface area contributed by atoms with Crippen molar-refractivity contribution in [1.29, 1.82) is 0 Å². The summed E-state index contributed by atoms with van der Waals surface area (Å²) in [6.45, 7) is 14.9. The SMILES string of the molecule is [C-]#[N+]C1=C[C@]2(C)c3nn(C)c(N4C(=O)CC(C)(C)C4=O)c3CC[C@H]2[C@H](C)C1=O. The number of carbonyl (C=O) groups is 3. The minimum Gasteiger partial charge on any atom is -0.308 e. The Kier molecular flexibility index (Phi) is 3.74. The normalized spacial score (nSPS) is 31.4. The van der Waals surface area contributed by atoms with Crippen molar-refractivity contribution in [3.05, 3.63) is 34.4 Å². The zero-order chi connectivity index (χ0) is 20.6. The van der Waals surface area contributed by atoms with Gasteiger partial charge in [0.05, 0.1) is 17.7 Å². The van der Waals surface area contributed by atoms with E-state index in [-0.39, 0.29) is 41.6 Å². The van der Waals surface area contributed by atoms with Gasteiger partial charge in [-0.2, -0.15) is 5.10 Å². The second kappa shape index (κ2) is 5.63. The molecule has 1 aromatic rings. The van der Waals surface area contributed by atoms with Gasteiger partial charge in [-0.1, -0.05) is 33.8 Å². The van der Waals surface area contributed by atoms with Crippen LogP contribution >= 0.6 is 0 Å². The molecule has 3 aliphatic rings. The molecule has 1 aliphatic heterocycles. The number of hydrogen-bond acceptors (Lipinski definition) is 4. The molecule has 1 fully saturated rings. The summed E-state index contributed by atoms with van der Waals surface area (Å²) in [7, 11) is 1.74. The fourth-order valence-electron chi connectivity index (χ4n) is 5.24. The fraction of sp³-hybridized carbons (Fsp3) is 0.571. The highest BCUT2D eigenvalue weighted by atomic mass is 16.2. The number of allylic oxidation sites excluding steroid dienone is 2. The van der Waals surface area contributed by atoms with Gasteiger partial charge in [-0.25, -0.2) is 9.74 Å². The van der Waals surface area contributed by atoms with Crippen LogP contribution in [0, 0.1) is 23.8 Å². The first-order valence-electron chi connectivity index (χ1n) is 9.61. The standard InChI is InChI=1S/C21H24N4O3/c1-11-13-8-7-12-17(21(13,4)9-14(22-5)16(11)27)23-24(6)18(12)25-15(26)10-20(2,3)19(25)28/h9,11,13H,7-8,10H2,1-4,6H3/t11-,13-,21-/m0/s1. The van der Waals surface area contributed by atoms with Gasteiger partial charge in [-0.15, -0.1) is 0 Å². The van der Waals surface area contributed by atoms with Gasteiger partial charge in [0.1, 0.15) is 5.82 Å². The average Bonchev–Trinajstić information content (AvgIpc) is 3.05. The van der Waals surface area contributed by atoms with Gasteiger partial charge in [0.15, 0.2) is 5.78 Å². The minimum atomic E-state index is -0.724. The number of aromatic nitrogens is 2. The van der Waals surface area contributed by atoms with Gasteiger partial charge < -0.3 is 4.79 Å². The van der Waals surface area contributed by atoms with Crippen LogP contribution in [-0.2, 0) is 33.3 Å². The zero-order valence-corrected chi connectivity index (χ0v) is 16.9. The van der Waals surface area contributed by atoms with E-state index < -0.39 is 10.8 Å². The van der Waals surface area contributed by atoms with E-state index in [1.54, 1.807) is 31.7 Å². The van der Waals surface area contributed by atoms with Crippen LogP contribution in [-0.4, -0.2) is 27.4 Å². The van der Waals surface area contributed by atoms with E-state index in [4.69, 9.17) is 11.7 Å². The van der Waals surface area contributed by atoms with Gasteiger partial charge >= 0.3 is 0 Å². The van der Waals surface area contributed by atoms with E-state index in [1.807, 2.05) is 13.8 Å². The summed E-state index contributed by atoms with van der Waals surface area (Å²) in [5.74, 6) is -0.201. The molecule has 0 bridgehead atoms. The molecule has 7 heteroatoms. The van der Waals surface area contributed by atoms with E-state index in [9.17, 15) is 14.4 Å². The molecule has 0 unspecified atom stereocenters. The maximum atomic E-state index is 12.9. The molecule has 146 valence electrons. The third-order valence-electron chi connectivity index (χ3n) is 6.76. The Labute approximate surface area is 164 Å². The molecule has 2 amide bonds. The van der Waals surface area contributed by atoms with Crippen molar-refractivity contribution in [2.45, 2.75) is 52.4 Å². The molecule has 0 N–H and O–H groups in total.